The molecule has 0 saturated heterocycles. The van der Waals surface area contributed by atoms with Gasteiger partial charge in [0.1, 0.15) is 0 Å². The number of rotatable bonds is 2. The SMILES string of the molecule is CO/C=C/n1c2ccccc2c2ccccc21. The molecule has 17 heavy (non-hydrogen) atoms. The molecule has 0 bridgehead atoms. The van der Waals surface area contributed by atoms with E-state index in [1.165, 1.54) is 21.8 Å². The van der Waals surface area contributed by atoms with E-state index in [1.54, 1.807) is 13.4 Å². The summed E-state index contributed by atoms with van der Waals surface area (Å²) in [6.07, 6.45) is 3.64. The fraction of sp³-hybridized carbons (Fsp3) is 0.0667. The van der Waals surface area contributed by atoms with Gasteiger partial charge in [0.15, 0.2) is 0 Å². The summed E-state index contributed by atoms with van der Waals surface area (Å²) in [6, 6.07) is 16.8. The average molecular weight is 223 g/mol. The zero-order chi connectivity index (χ0) is 11.7. The fourth-order valence-electron chi connectivity index (χ4n) is 2.24. The highest BCUT2D eigenvalue weighted by Crippen LogP contribution is 2.28. The zero-order valence-electron chi connectivity index (χ0n) is 9.63. The second-order valence-corrected chi connectivity index (χ2v) is 3.93. The minimum atomic E-state index is 1.20. The molecule has 0 spiro atoms. The third-order valence-electron chi connectivity index (χ3n) is 2.96. The van der Waals surface area contributed by atoms with Crippen molar-refractivity contribution in [2.45, 2.75) is 0 Å². The molecule has 1 heterocycles. The summed E-state index contributed by atoms with van der Waals surface area (Å²) < 4.78 is 7.16. The van der Waals surface area contributed by atoms with Crippen molar-refractivity contribution in [1.29, 1.82) is 0 Å². The summed E-state index contributed by atoms with van der Waals surface area (Å²) in [4.78, 5) is 0. The van der Waals surface area contributed by atoms with E-state index in [1.807, 2.05) is 6.20 Å². The van der Waals surface area contributed by atoms with Gasteiger partial charge in [-0.05, 0) is 12.1 Å². The molecule has 0 amide bonds. The number of hydrogen-bond acceptors (Lipinski definition) is 1. The van der Waals surface area contributed by atoms with Crippen molar-refractivity contribution < 1.29 is 4.74 Å². The van der Waals surface area contributed by atoms with E-state index in [0.29, 0.717) is 0 Å². The number of aromatic nitrogens is 1. The molecule has 3 aromatic rings. The third kappa shape index (κ3) is 1.49. The largest absolute Gasteiger partial charge is 0.503 e. The molecule has 3 rings (SSSR count). The Morgan fingerprint density at radius 1 is 0.882 bits per heavy atom. The summed E-state index contributed by atoms with van der Waals surface area (Å²) >= 11 is 0. The van der Waals surface area contributed by atoms with E-state index < -0.39 is 0 Å². The normalized spacial score (nSPS) is 11.6. The predicted molar refractivity (Wildman–Crippen MR) is 71.8 cm³/mol. The maximum absolute atomic E-state index is 5.01. The van der Waals surface area contributed by atoms with Crippen LogP contribution in [-0.4, -0.2) is 11.7 Å². The standard InChI is InChI=1S/C15H13NO/c1-17-11-10-16-14-8-4-2-6-12(14)13-7-3-5-9-15(13)16/h2-11H,1H3/b11-10+. The number of benzene rings is 2. The molecule has 0 atom stereocenters. The number of para-hydroxylation sites is 2. The van der Waals surface area contributed by atoms with Crippen LogP contribution in [0.5, 0.6) is 0 Å². The topological polar surface area (TPSA) is 14.2 Å². The molecule has 84 valence electrons. The average Bonchev–Trinajstić information content (AvgIpc) is 2.71. The molecular weight excluding hydrogens is 210 g/mol. The summed E-state index contributed by atoms with van der Waals surface area (Å²) in [5.41, 5.74) is 2.39. The molecule has 0 unspecified atom stereocenters. The van der Waals surface area contributed by atoms with Crippen LogP contribution in [-0.2, 0) is 4.74 Å². The lowest BCUT2D eigenvalue weighted by atomic mass is 10.2. The highest BCUT2D eigenvalue weighted by Gasteiger charge is 2.06. The van der Waals surface area contributed by atoms with Gasteiger partial charge in [-0.3, -0.25) is 0 Å². The molecule has 0 aliphatic carbocycles. The van der Waals surface area contributed by atoms with Gasteiger partial charge >= 0.3 is 0 Å². The summed E-state index contributed by atoms with van der Waals surface area (Å²) in [7, 11) is 1.66. The van der Waals surface area contributed by atoms with Gasteiger partial charge in [0.2, 0.25) is 0 Å². The van der Waals surface area contributed by atoms with Crippen LogP contribution in [0.4, 0.5) is 0 Å². The van der Waals surface area contributed by atoms with E-state index >= 15 is 0 Å². The van der Waals surface area contributed by atoms with Gasteiger partial charge in [0, 0.05) is 17.0 Å². The summed E-state index contributed by atoms with van der Waals surface area (Å²) in [5.74, 6) is 0. The first-order valence-corrected chi connectivity index (χ1v) is 5.59. The Balaban J connectivity index is 2.46. The monoisotopic (exact) mass is 223 g/mol. The van der Waals surface area contributed by atoms with Crippen LogP contribution in [0.3, 0.4) is 0 Å². The van der Waals surface area contributed by atoms with Crippen molar-refractivity contribution in [2.24, 2.45) is 0 Å². The van der Waals surface area contributed by atoms with Gasteiger partial charge in [-0.25, -0.2) is 0 Å². The van der Waals surface area contributed by atoms with Crippen molar-refractivity contribution in [2.75, 3.05) is 7.11 Å². The van der Waals surface area contributed by atoms with E-state index in [0.717, 1.165) is 0 Å². The van der Waals surface area contributed by atoms with Crippen LogP contribution in [0, 0.1) is 0 Å². The van der Waals surface area contributed by atoms with Gasteiger partial charge in [-0.15, -0.1) is 0 Å². The van der Waals surface area contributed by atoms with Crippen LogP contribution < -0.4 is 0 Å². The van der Waals surface area contributed by atoms with Gasteiger partial charge in [-0.2, -0.15) is 0 Å². The molecule has 0 saturated carbocycles. The van der Waals surface area contributed by atoms with Crippen LogP contribution in [0.25, 0.3) is 28.0 Å². The Morgan fingerprint density at radius 3 is 1.94 bits per heavy atom. The van der Waals surface area contributed by atoms with Crippen molar-refractivity contribution >= 4 is 28.0 Å². The Bertz CT molecular complexity index is 641. The fourth-order valence-corrected chi connectivity index (χ4v) is 2.24. The third-order valence-corrected chi connectivity index (χ3v) is 2.96. The quantitative estimate of drug-likeness (QED) is 0.601. The lowest BCUT2D eigenvalue weighted by Gasteiger charge is -1.99. The number of methoxy groups -OCH3 is 1. The molecule has 0 aliphatic heterocycles. The van der Waals surface area contributed by atoms with Gasteiger partial charge < -0.3 is 9.30 Å². The smallest absolute Gasteiger partial charge is 0.0990 e. The Kier molecular flexibility index (Phi) is 2.33. The van der Waals surface area contributed by atoms with E-state index in [-0.39, 0.29) is 0 Å². The summed E-state index contributed by atoms with van der Waals surface area (Å²) in [5, 5.41) is 2.53. The predicted octanol–water partition coefficient (Wildman–Crippen LogP) is 3.87. The van der Waals surface area contributed by atoms with Crippen LogP contribution in [0.15, 0.2) is 54.8 Å². The van der Waals surface area contributed by atoms with E-state index in [9.17, 15) is 0 Å². The van der Waals surface area contributed by atoms with Crippen LogP contribution >= 0.6 is 0 Å². The number of nitrogens with zero attached hydrogens (tertiary/aromatic N) is 1. The minimum absolute atomic E-state index is 1.20. The molecule has 2 aromatic carbocycles. The second-order valence-electron chi connectivity index (χ2n) is 3.93. The Labute approximate surface area is 99.7 Å². The van der Waals surface area contributed by atoms with Gasteiger partial charge in [0.25, 0.3) is 0 Å². The first-order chi connectivity index (χ1) is 8.42. The highest BCUT2D eigenvalue weighted by molar-refractivity contribution is 6.09. The highest BCUT2D eigenvalue weighted by atomic mass is 16.5. The Hall–Kier alpha value is -2.22. The Morgan fingerprint density at radius 2 is 1.41 bits per heavy atom. The summed E-state index contributed by atoms with van der Waals surface area (Å²) in [6.45, 7) is 0. The van der Waals surface area contributed by atoms with Crippen molar-refractivity contribution in [1.82, 2.24) is 4.57 Å². The van der Waals surface area contributed by atoms with E-state index in [4.69, 9.17) is 4.74 Å². The molecule has 0 aliphatic rings. The van der Waals surface area contributed by atoms with Crippen LogP contribution in [0.2, 0.25) is 0 Å². The lowest BCUT2D eigenvalue weighted by Crippen LogP contribution is -1.85. The van der Waals surface area contributed by atoms with Gasteiger partial charge in [-0.1, -0.05) is 36.4 Å². The first kappa shape index (κ1) is 9.97. The van der Waals surface area contributed by atoms with Crippen molar-refractivity contribution in [3.8, 4) is 0 Å². The molecule has 0 radical (unpaired) electrons. The first-order valence-electron chi connectivity index (χ1n) is 5.59. The number of fused-ring (bicyclic) bond motifs is 3. The zero-order valence-corrected chi connectivity index (χ0v) is 9.63. The van der Waals surface area contributed by atoms with Crippen molar-refractivity contribution in [3.63, 3.8) is 0 Å². The molecule has 0 N–H and O–H groups in total. The minimum Gasteiger partial charge on any atom is -0.503 e. The van der Waals surface area contributed by atoms with E-state index in [2.05, 4.69) is 53.1 Å². The molecular formula is C15H13NO. The second kappa shape index (κ2) is 3.98. The maximum atomic E-state index is 5.01. The molecule has 2 heteroatoms. The van der Waals surface area contributed by atoms with Crippen LogP contribution in [0.1, 0.15) is 0 Å². The lowest BCUT2D eigenvalue weighted by molar-refractivity contribution is 0.340. The molecule has 0 fully saturated rings. The van der Waals surface area contributed by atoms with Gasteiger partial charge in [0.05, 0.1) is 24.4 Å². The molecule has 2 nitrogen and oxygen atoms in total. The maximum Gasteiger partial charge on any atom is 0.0990 e. The van der Waals surface area contributed by atoms with Crippen molar-refractivity contribution in [3.05, 3.63) is 54.8 Å². The number of hydrogen-bond donors (Lipinski definition) is 0. The number of ether oxygens (including phenoxy) is 1. The molecule has 1 aromatic heterocycles.